The minimum absolute atomic E-state index is 0.102. The first-order chi connectivity index (χ1) is 10.1. The second-order valence-electron chi connectivity index (χ2n) is 5.27. The molecule has 22 heavy (non-hydrogen) atoms. The van der Waals surface area contributed by atoms with Crippen molar-refractivity contribution in [3.63, 3.8) is 0 Å². The molecule has 8 heteroatoms. The van der Waals surface area contributed by atoms with Crippen molar-refractivity contribution in [2.45, 2.75) is 13.1 Å². The lowest BCUT2D eigenvalue weighted by atomic mass is 9.96. The number of likely N-dealkylation sites (tertiary alicyclic amines) is 1. The van der Waals surface area contributed by atoms with Crippen LogP contribution >= 0.6 is 0 Å². The molecule has 4 nitrogen and oxygen atoms in total. The first-order valence-electron chi connectivity index (χ1n) is 6.46. The second-order valence-corrected chi connectivity index (χ2v) is 5.27. The van der Waals surface area contributed by atoms with E-state index < -0.39 is 48.8 Å². The van der Waals surface area contributed by atoms with Gasteiger partial charge in [0.2, 0.25) is 0 Å². The zero-order valence-electron chi connectivity index (χ0n) is 11.5. The molecule has 2 rings (SSSR count). The molecule has 1 fully saturated rings. The minimum Gasteiger partial charge on any atom is -0.481 e. The summed E-state index contributed by atoms with van der Waals surface area (Å²) in [5, 5.41) is 8.90. The number of hydrogen-bond acceptors (Lipinski definition) is 2. The van der Waals surface area contributed by atoms with Crippen LogP contribution in [0.25, 0.3) is 0 Å². The molecule has 0 radical (unpaired) electrons. The van der Waals surface area contributed by atoms with Crippen LogP contribution in [0, 0.1) is 24.6 Å². The smallest absolute Gasteiger partial charge is 0.394 e. The van der Waals surface area contributed by atoms with Crippen LogP contribution in [0.1, 0.15) is 15.9 Å². The largest absolute Gasteiger partial charge is 0.481 e. The van der Waals surface area contributed by atoms with Crippen LogP contribution in [0.5, 0.6) is 0 Å². The maximum atomic E-state index is 13.5. The van der Waals surface area contributed by atoms with E-state index in [1.54, 1.807) is 0 Å². The van der Waals surface area contributed by atoms with Crippen molar-refractivity contribution in [3.8, 4) is 0 Å². The highest BCUT2D eigenvalue weighted by Crippen LogP contribution is 2.38. The minimum atomic E-state index is -4.71. The van der Waals surface area contributed by atoms with Crippen LogP contribution in [0.15, 0.2) is 18.2 Å². The standard InChI is InChI=1S/C14H13F4NO3/c1-7-2-3-8(4-11(7)15)12(20)19-5-9(13(21)22)10(6-19)14(16,17)18/h2-4,9-10H,5-6H2,1H3,(H,21,22)/t9-,10-/m1/s1. The number of hydrogen-bond donors (Lipinski definition) is 1. The summed E-state index contributed by atoms with van der Waals surface area (Å²) in [7, 11) is 0. The highest BCUT2D eigenvalue weighted by Gasteiger charge is 2.53. The van der Waals surface area contributed by atoms with Gasteiger partial charge in [-0.15, -0.1) is 0 Å². The Bertz CT molecular complexity index is 615. The molecule has 120 valence electrons. The van der Waals surface area contributed by atoms with Gasteiger partial charge in [-0.05, 0) is 24.6 Å². The Kier molecular flexibility index (Phi) is 4.12. The van der Waals surface area contributed by atoms with Gasteiger partial charge in [-0.1, -0.05) is 6.07 Å². The number of carbonyl (C=O) groups is 2. The van der Waals surface area contributed by atoms with Crippen molar-refractivity contribution >= 4 is 11.9 Å². The molecule has 1 aliphatic heterocycles. The number of aliphatic carboxylic acids is 1. The lowest BCUT2D eigenvalue weighted by Gasteiger charge is -2.18. The zero-order chi connectivity index (χ0) is 16.7. The average molecular weight is 319 g/mol. The number of nitrogens with zero attached hydrogens (tertiary/aromatic N) is 1. The molecular formula is C14H13F4NO3. The predicted molar refractivity (Wildman–Crippen MR) is 67.7 cm³/mol. The summed E-state index contributed by atoms with van der Waals surface area (Å²) >= 11 is 0. The van der Waals surface area contributed by atoms with Crippen LogP contribution in [0.3, 0.4) is 0 Å². The molecule has 0 aromatic heterocycles. The van der Waals surface area contributed by atoms with E-state index >= 15 is 0 Å². The van der Waals surface area contributed by atoms with Gasteiger partial charge < -0.3 is 10.0 Å². The van der Waals surface area contributed by atoms with Gasteiger partial charge in [0.1, 0.15) is 5.82 Å². The summed E-state index contributed by atoms with van der Waals surface area (Å²) in [6.45, 7) is 0.197. The average Bonchev–Trinajstić information content (AvgIpc) is 2.86. The van der Waals surface area contributed by atoms with E-state index in [2.05, 4.69) is 0 Å². The Hall–Kier alpha value is -2.12. The van der Waals surface area contributed by atoms with E-state index in [-0.39, 0.29) is 5.56 Å². The van der Waals surface area contributed by atoms with Crippen molar-refractivity contribution in [2.24, 2.45) is 11.8 Å². The number of amides is 1. The quantitative estimate of drug-likeness (QED) is 0.852. The number of aryl methyl sites for hydroxylation is 1. The third-order valence-electron chi connectivity index (χ3n) is 3.76. The topological polar surface area (TPSA) is 57.6 Å². The molecule has 2 atom stereocenters. The van der Waals surface area contributed by atoms with Crippen molar-refractivity contribution in [3.05, 3.63) is 35.1 Å². The Morgan fingerprint density at radius 2 is 1.91 bits per heavy atom. The monoisotopic (exact) mass is 319 g/mol. The Morgan fingerprint density at radius 3 is 2.36 bits per heavy atom. The molecule has 0 unspecified atom stereocenters. The van der Waals surface area contributed by atoms with E-state index in [1.165, 1.54) is 19.1 Å². The van der Waals surface area contributed by atoms with Crippen LogP contribution in [0.2, 0.25) is 0 Å². The number of carboxylic acids is 1. The van der Waals surface area contributed by atoms with E-state index in [0.29, 0.717) is 5.56 Å². The fourth-order valence-corrected chi connectivity index (χ4v) is 2.46. The number of carbonyl (C=O) groups excluding carboxylic acids is 1. The highest BCUT2D eigenvalue weighted by atomic mass is 19.4. The number of carboxylic acid groups (broad SMARTS) is 1. The molecule has 1 aromatic rings. The maximum absolute atomic E-state index is 13.5. The number of benzene rings is 1. The summed E-state index contributed by atoms with van der Waals surface area (Å²) in [4.78, 5) is 23.9. The van der Waals surface area contributed by atoms with Gasteiger partial charge >= 0.3 is 12.1 Å². The summed E-state index contributed by atoms with van der Waals surface area (Å²) in [6.07, 6.45) is -4.71. The molecule has 0 aliphatic carbocycles. The van der Waals surface area contributed by atoms with Gasteiger partial charge in [0.15, 0.2) is 0 Å². The Labute approximate surface area is 123 Å². The molecule has 0 spiro atoms. The van der Waals surface area contributed by atoms with Gasteiger partial charge in [0, 0.05) is 18.7 Å². The summed E-state index contributed by atoms with van der Waals surface area (Å²) < 4.78 is 52.1. The number of alkyl halides is 3. The first-order valence-corrected chi connectivity index (χ1v) is 6.46. The van der Waals surface area contributed by atoms with Gasteiger partial charge in [-0.3, -0.25) is 9.59 Å². The lowest BCUT2D eigenvalue weighted by molar-refractivity contribution is -0.187. The third kappa shape index (κ3) is 3.05. The molecule has 0 saturated carbocycles. The maximum Gasteiger partial charge on any atom is 0.394 e. The number of halogens is 4. The molecule has 0 bridgehead atoms. The van der Waals surface area contributed by atoms with Crippen LogP contribution in [-0.2, 0) is 4.79 Å². The van der Waals surface area contributed by atoms with Crippen molar-refractivity contribution in [1.29, 1.82) is 0 Å². The Balaban J connectivity index is 2.24. The molecule has 1 heterocycles. The molecule has 1 amide bonds. The van der Waals surface area contributed by atoms with Crippen molar-refractivity contribution in [2.75, 3.05) is 13.1 Å². The fraction of sp³-hybridized carbons (Fsp3) is 0.429. The van der Waals surface area contributed by atoms with Gasteiger partial charge in [-0.25, -0.2) is 4.39 Å². The van der Waals surface area contributed by atoms with Crippen LogP contribution < -0.4 is 0 Å². The molecule has 1 aliphatic rings. The third-order valence-corrected chi connectivity index (χ3v) is 3.76. The summed E-state index contributed by atoms with van der Waals surface area (Å²) in [6, 6.07) is 3.58. The van der Waals surface area contributed by atoms with E-state index in [9.17, 15) is 27.2 Å². The van der Waals surface area contributed by atoms with Gasteiger partial charge in [-0.2, -0.15) is 13.2 Å². The second kappa shape index (κ2) is 5.58. The molecule has 1 N–H and O–H groups in total. The van der Waals surface area contributed by atoms with E-state index in [1.807, 2.05) is 0 Å². The Morgan fingerprint density at radius 1 is 1.27 bits per heavy atom. The number of rotatable bonds is 2. The SMILES string of the molecule is Cc1ccc(C(=O)N2C[C@@H](C(F)(F)F)[C@H](C(=O)O)C2)cc1F. The predicted octanol–water partition coefficient (Wildman–Crippen LogP) is 2.47. The van der Waals surface area contributed by atoms with E-state index in [0.717, 1.165) is 11.0 Å². The summed E-state index contributed by atoms with van der Waals surface area (Å²) in [5.74, 6) is -6.89. The summed E-state index contributed by atoms with van der Waals surface area (Å²) in [5.41, 5.74) is 0.199. The molecule has 1 aromatic carbocycles. The van der Waals surface area contributed by atoms with Crippen molar-refractivity contribution < 1.29 is 32.3 Å². The van der Waals surface area contributed by atoms with E-state index in [4.69, 9.17) is 5.11 Å². The van der Waals surface area contributed by atoms with Crippen LogP contribution in [0.4, 0.5) is 17.6 Å². The van der Waals surface area contributed by atoms with Crippen LogP contribution in [-0.4, -0.2) is 41.1 Å². The zero-order valence-corrected chi connectivity index (χ0v) is 11.5. The van der Waals surface area contributed by atoms with Gasteiger partial charge in [0.25, 0.3) is 5.91 Å². The van der Waals surface area contributed by atoms with Gasteiger partial charge in [0.05, 0.1) is 11.8 Å². The molecular weight excluding hydrogens is 306 g/mol. The fourth-order valence-electron chi connectivity index (χ4n) is 2.46. The highest BCUT2D eigenvalue weighted by molar-refractivity contribution is 5.95. The molecule has 1 saturated heterocycles. The van der Waals surface area contributed by atoms with Crippen molar-refractivity contribution in [1.82, 2.24) is 4.90 Å². The lowest BCUT2D eigenvalue weighted by Crippen LogP contribution is -2.34. The normalized spacial score (nSPS) is 22.0. The first kappa shape index (κ1) is 16.3.